The summed E-state index contributed by atoms with van der Waals surface area (Å²) in [7, 11) is 0. The van der Waals surface area contributed by atoms with Crippen molar-refractivity contribution in [3.05, 3.63) is 35.6 Å². The van der Waals surface area contributed by atoms with E-state index in [1.54, 1.807) is 13.0 Å². The number of carbonyl (C=O) groups is 1. The van der Waals surface area contributed by atoms with E-state index in [-0.39, 0.29) is 23.9 Å². The lowest BCUT2D eigenvalue weighted by Crippen LogP contribution is -2.39. The van der Waals surface area contributed by atoms with E-state index in [9.17, 15) is 9.18 Å². The van der Waals surface area contributed by atoms with Crippen LogP contribution < -0.4 is 5.32 Å². The van der Waals surface area contributed by atoms with Gasteiger partial charge in [0.25, 0.3) is 0 Å². The Bertz CT molecular complexity index is 409. The minimum absolute atomic E-state index is 0.100. The van der Waals surface area contributed by atoms with Gasteiger partial charge in [0.15, 0.2) is 0 Å². The van der Waals surface area contributed by atoms with Gasteiger partial charge < -0.3 is 4.74 Å². The van der Waals surface area contributed by atoms with Crippen LogP contribution in [0.4, 0.5) is 4.39 Å². The Morgan fingerprint density at radius 2 is 2.16 bits per heavy atom. The van der Waals surface area contributed by atoms with E-state index in [0.717, 1.165) is 12.0 Å². The van der Waals surface area contributed by atoms with Crippen LogP contribution in [0.5, 0.6) is 0 Å². The Morgan fingerprint density at radius 1 is 1.42 bits per heavy atom. The zero-order valence-electron chi connectivity index (χ0n) is 11.8. The lowest BCUT2D eigenvalue weighted by molar-refractivity contribution is -0.146. The van der Waals surface area contributed by atoms with Crippen LogP contribution in [-0.2, 0) is 9.53 Å². The van der Waals surface area contributed by atoms with Crippen LogP contribution in [0.2, 0.25) is 0 Å². The van der Waals surface area contributed by atoms with E-state index in [1.807, 2.05) is 19.9 Å². The fourth-order valence-corrected chi connectivity index (χ4v) is 1.97. The number of hydrogen-bond acceptors (Lipinski definition) is 3. The van der Waals surface area contributed by atoms with Crippen LogP contribution in [0, 0.1) is 5.82 Å². The number of nitrogens with one attached hydrogen (secondary N) is 1. The molecule has 4 heteroatoms. The average molecular weight is 267 g/mol. The number of benzene rings is 1. The van der Waals surface area contributed by atoms with Crippen LogP contribution >= 0.6 is 0 Å². The molecule has 0 heterocycles. The van der Waals surface area contributed by atoms with Crippen molar-refractivity contribution in [2.75, 3.05) is 6.61 Å². The van der Waals surface area contributed by atoms with Gasteiger partial charge in [-0.2, -0.15) is 0 Å². The standard InChI is InChI=1S/C15H22FNO2/c1-4-7-14(15(18)19-5-2)17-11(3)12-8-6-9-13(16)10-12/h6,8-11,14,17H,4-5,7H2,1-3H3. The van der Waals surface area contributed by atoms with E-state index >= 15 is 0 Å². The third kappa shape index (κ3) is 4.99. The molecule has 2 unspecified atom stereocenters. The highest BCUT2D eigenvalue weighted by atomic mass is 19.1. The fourth-order valence-electron chi connectivity index (χ4n) is 1.97. The molecule has 0 aliphatic carbocycles. The summed E-state index contributed by atoms with van der Waals surface area (Å²) in [6.45, 7) is 6.09. The topological polar surface area (TPSA) is 38.3 Å². The van der Waals surface area contributed by atoms with Crippen LogP contribution in [0.1, 0.15) is 45.2 Å². The van der Waals surface area contributed by atoms with E-state index in [1.165, 1.54) is 12.1 Å². The second-order valence-electron chi connectivity index (χ2n) is 4.54. The third-order valence-electron chi connectivity index (χ3n) is 2.95. The van der Waals surface area contributed by atoms with Crippen LogP contribution in [0.15, 0.2) is 24.3 Å². The van der Waals surface area contributed by atoms with Gasteiger partial charge in [0.2, 0.25) is 0 Å². The van der Waals surface area contributed by atoms with Crippen molar-refractivity contribution in [3.63, 3.8) is 0 Å². The van der Waals surface area contributed by atoms with E-state index in [0.29, 0.717) is 13.0 Å². The number of esters is 1. The van der Waals surface area contributed by atoms with Crippen molar-refractivity contribution in [3.8, 4) is 0 Å². The van der Waals surface area contributed by atoms with Gasteiger partial charge in [-0.05, 0) is 38.0 Å². The Morgan fingerprint density at radius 3 is 2.74 bits per heavy atom. The molecule has 2 atom stereocenters. The van der Waals surface area contributed by atoms with Gasteiger partial charge in [0.1, 0.15) is 11.9 Å². The van der Waals surface area contributed by atoms with Gasteiger partial charge in [-0.3, -0.25) is 10.1 Å². The molecule has 1 aromatic rings. The van der Waals surface area contributed by atoms with Crippen molar-refractivity contribution in [2.24, 2.45) is 0 Å². The van der Waals surface area contributed by atoms with Gasteiger partial charge >= 0.3 is 5.97 Å². The lowest BCUT2D eigenvalue weighted by atomic mass is 10.1. The minimum atomic E-state index is -0.344. The van der Waals surface area contributed by atoms with Gasteiger partial charge in [-0.15, -0.1) is 0 Å². The van der Waals surface area contributed by atoms with E-state index in [2.05, 4.69) is 5.32 Å². The first kappa shape index (κ1) is 15.6. The quantitative estimate of drug-likeness (QED) is 0.771. The minimum Gasteiger partial charge on any atom is -0.465 e. The predicted molar refractivity (Wildman–Crippen MR) is 73.3 cm³/mol. The second-order valence-corrected chi connectivity index (χ2v) is 4.54. The van der Waals surface area contributed by atoms with Crippen LogP contribution in [0.3, 0.4) is 0 Å². The zero-order chi connectivity index (χ0) is 14.3. The monoisotopic (exact) mass is 267 g/mol. The average Bonchev–Trinajstić information content (AvgIpc) is 2.38. The SMILES string of the molecule is CCCC(NC(C)c1cccc(F)c1)C(=O)OCC. The number of rotatable bonds is 7. The number of ether oxygens (including phenoxy) is 1. The molecule has 0 aromatic heterocycles. The molecule has 0 fully saturated rings. The summed E-state index contributed by atoms with van der Waals surface area (Å²) in [5, 5.41) is 3.20. The molecule has 0 amide bonds. The van der Waals surface area contributed by atoms with Crippen molar-refractivity contribution in [1.82, 2.24) is 5.32 Å². The Labute approximate surface area is 114 Å². The summed E-state index contributed by atoms with van der Waals surface area (Å²) >= 11 is 0. The second kappa shape index (κ2) is 7.89. The Kier molecular flexibility index (Phi) is 6.50. The third-order valence-corrected chi connectivity index (χ3v) is 2.95. The molecule has 0 aliphatic heterocycles. The molecule has 3 nitrogen and oxygen atoms in total. The lowest BCUT2D eigenvalue weighted by Gasteiger charge is -2.22. The smallest absolute Gasteiger partial charge is 0.323 e. The maximum Gasteiger partial charge on any atom is 0.323 e. The first-order valence-electron chi connectivity index (χ1n) is 6.76. The van der Waals surface area contributed by atoms with Crippen molar-refractivity contribution in [2.45, 2.75) is 45.7 Å². The summed E-state index contributed by atoms with van der Waals surface area (Å²) in [4.78, 5) is 11.8. The highest BCUT2D eigenvalue weighted by Gasteiger charge is 2.21. The predicted octanol–water partition coefficient (Wildman–Crippen LogP) is 3.21. The number of halogens is 1. The summed E-state index contributed by atoms with van der Waals surface area (Å²) in [6, 6.07) is 5.95. The molecule has 0 saturated carbocycles. The molecule has 0 saturated heterocycles. The number of hydrogen-bond donors (Lipinski definition) is 1. The largest absolute Gasteiger partial charge is 0.465 e. The molecule has 0 spiro atoms. The first-order valence-corrected chi connectivity index (χ1v) is 6.76. The van der Waals surface area contributed by atoms with Gasteiger partial charge in [-0.25, -0.2) is 4.39 Å². The Balaban J connectivity index is 2.70. The molecule has 106 valence electrons. The molecule has 0 aliphatic rings. The highest BCUT2D eigenvalue weighted by Crippen LogP contribution is 2.15. The summed E-state index contributed by atoms with van der Waals surface area (Å²) < 4.78 is 18.2. The van der Waals surface area contributed by atoms with Gasteiger partial charge in [0.05, 0.1) is 6.61 Å². The van der Waals surface area contributed by atoms with E-state index in [4.69, 9.17) is 4.74 Å². The molecular weight excluding hydrogens is 245 g/mol. The van der Waals surface area contributed by atoms with Gasteiger partial charge in [0, 0.05) is 6.04 Å². The normalized spacial score (nSPS) is 13.9. The molecule has 0 bridgehead atoms. The molecule has 1 aromatic carbocycles. The summed E-state index contributed by atoms with van der Waals surface area (Å²) in [6.07, 6.45) is 1.59. The summed E-state index contributed by atoms with van der Waals surface area (Å²) in [5.74, 6) is -0.512. The van der Waals surface area contributed by atoms with Crippen molar-refractivity contribution in [1.29, 1.82) is 0 Å². The maximum absolute atomic E-state index is 13.2. The molecule has 1 N–H and O–H groups in total. The molecular formula is C15H22FNO2. The first-order chi connectivity index (χ1) is 9.08. The molecule has 1 rings (SSSR count). The van der Waals surface area contributed by atoms with Crippen molar-refractivity contribution >= 4 is 5.97 Å². The van der Waals surface area contributed by atoms with Gasteiger partial charge in [-0.1, -0.05) is 25.5 Å². The molecule has 0 radical (unpaired) electrons. The number of carbonyl (C=O) groups excluding carboxylic acids is 1. The van der Waals surface area contributed by atoms with Crippen LogP contribution in [0.25, 0.3) is 0 Å². The van der Waals surface area contributed by atoms with Crippen molar-refractivity contribution < 1.29 is 13.9 Å². The highest BCUT2D eigenvalue weighted by molar-refractivity contribution is 5.75. The molecule has 19 heavy (non-hydrogen) atoms. The summed E-state index contributed by atoms with van der Waals surface area (Å²) in [5.41, 5.74) is 0.824. The Hall–Kier alpha value is -1.42. The van der Waals surface area contributed by atoms with Crippen LogP contribution in [-0.4, -0.2) is 18.6 Å². The zero-order valence-corrected chi connectivity index (χ0v) is 11.8. The fraction of sp³-hybridized carbons (Fsp3) is 0.533. The van der Waals surface area contributed by atoms with E-state index < -0.39 is 0 Å². The maximum atomic E-state index is 13.2.